The van der Waals surface area contributed by atoms with Crippen LogP contribution in [-0.4, -0.2) is 41.7 Å². The SMILES string of the molecule is Cc1ccccc1-c1csc(NC(=O)C2CCN(S(=O)(=O)c3cccnc3)CC2)n1. The van der Waals surface area contributed by atoms with E-state index in [1.54, 1.807) is 12.3 Å². The molecule has 1 N–H and O–H groups in total. The quantitative estimate of drug-likeness (QED) is 0.652. The van der Waals surface area contributed by atoms with Gasteiger partial charge >= 0.3 is 0 Å². The van der Waals surface area contributed by atoms with Crippen molar-refractivity contribution in [3.63, 3.8) is 0 Å². The summed E-state index contributed by atoms with van der Waals surface area (Å²) in [5.41, 5.74) is 3.01. The predicted octanol–water partition coefficient (Wildman–Crippen LogP) is 3.55. The molecule has 30 heavy (non-hydrogen) atoms. The normalized spacial score (nSPS) is 15.8. The van der Waals surface area contributed by atoms with Crippen LogP contribution >= 0.6 is 11.3 Å². The Morgan fingerprint density at radius 1 is 1.17 bits per heavy atom. The molecule has 2 aromatic heterocycles. The fraction of sp³-hybridized carbons (Fsp3) is 0.286. The fourth-order valence-corrected chi connectivity index (χ4v) is 5.68. The van der Waals surface area contributed by atoms with E-state index >= 15 is 0 Å². The van der Waals surface area contributed by atoms with E-state index < -0.39 is 10.0 Å². The molecule has 0 spiro atoms. The number of carbonyl (C=O) groups excluding carboxylic acids is 1. The predicted molar refractivity (Wildman–Crippen MR) is 117 cm³/mol. The number of anilines is 1. The Hall–Kier alpha value is -2.62. The van der Waals surface area contributed by atoms with E-state index in [-0.39, 0.29) is 16.7 Å². The van der Waals surface area contributed by atoms with Crippen LogP contribution in [0.4, 0.5) is 5.13 Å². The van der Waals surface area contributed by atoms with Gasteiger partial charge in [-0.1, -0.05) is 24.3 Å². The van der Waals surface area contributed by atoms with Crippen molar-refractivity contribution in [2.45, 2.75) is 24.7 Å². The third-order valence-electron chi connectivity index (χ3n) is 5.25. The molecule has 3 aromatic rings. The molecular formula is C21H22N4O3S2. The second kappa shape index (κ2) is 8.63. The number of pyridine rings is 1. The van der Waals surface area contributed by atoms with E-state index in [1.807, 2.05) is 36.6 Å². The van der Waals surface area contributed by atoms with Gasteiger partial charge in [0, 0.05) is 42.3 Å². The first-order valence-corrected chi connectivity index (χ1v) is 12.0. The van der Waals surface area contributed by atoms with E-state index in [2.05, 4.69) is 15.3 Å². The lowest BCUT2D eigenvalue weighted by Crippen LogP contribution is -2.41. The number of hydrogen-bond donors (Lipinski definition) is 1. The molecule has 0 atom stereocenters. The van der Waals surface area contributed by atoms with Crippen LogP contribution in [0.5, 0.6) is 0 Å². The molecule has 3 heterocycles. The molecule has 9 heteroatoms. The average Bonchev–Trinajstić information content (AvgIpc) is 3.23. The summed E-state index contributed by atoms with van der Waals surface area (Å²) in [7, 11) is -3.57. The number of carbonyl (C=O) groups is 1. The Kier molecular flexibility index (Phi) is 5.94. The Labute approximate surface area is 179 Å². The Morgan fingerprint density at radius 3 is 2.63 bits per heavy atom. The molecule has 0 unspecified atom stereocenters. The maximum Gasteiger partial charge on any atom is 0.244 e. The van der Waals surface area contributed by atoms with Crippen LogP contribution in [0.15, 0.2) is 59.1 Å². The molecular weight excluding hydrogens is 420 g/mol. The number of aromatic nitrogens is 2. The smallest absolute Gasteiger partial charge is 0.244 e. The van der Waals surface area contributed by atoms with Gasteiger partial charge in [-0.05, 0) is 37.5 Å². The summed E-state index contributed by atoms with van der Waals surface area (Å²) in [4.78, 5) is 21.3. The summed E-state index contributed by atoms with van der Waals surface area (Å²) in [6, 6.07) is 11.1. The number of aryl methyl sites for hydroxylation is 1. The first-order chi connectivity index (χ1) is 14.4. The first kappa shape index (κ1) is 20.6. The molecule has 0 aliphatic carbocycles. The van der Waals surface area contributed by atoms with Crippen LogP contribution in [0.1, 0.15) is 18.4 Å². The first-order valence-electron chi connectivity index (χ1n) is 9.68. The number of thiazole rings is 1. The topological polar surface area (TPSA) is 92.3 Å². The molecule has 1 saturated heterocycles. The van der Waals surface area contributed by atoms with Crippen molar-refractivity contribution in [3.8, 4) is 11.3 Å². The van der Waals surface area contributed by atoms with E-state index in [9.17, 15) is 13.2 Å². The zero-order valence-electron chi connectivity index (χ0n) is 16.5. The number of benzene rings is 1. The molecule has 0 radical (unpaired) electrons. The van der Waals surface area contributed by atoms with E-state index in [0.29, 0.717) is 31.1 Å². The van der Waals surface area contributed by atoms with Gasteiger partial charge in [-0.25, -0.2) is 13.4 Å². The standard InChI is InChI=1S/C21H22N4O3S2/c1-15-5-2-3-7-18(15)19-14-29-21(23-19)24-20(26)16-8-11-25(12-9-16)30(27,28)17-6-4-10-22-13-17/h2-7,10,13-14,16H,8-9,11-12H2,1H3,(H,23,24,26). The molecule has 1 amide bonds. The molecule has 0 saturated carbocycles. The van der Waals surface area contributed by atoms with Crippen molar-refractivity contribution in [1.29, 1.82) is 0 Å². The lowest BCUT2D eigenvalue weighted by atomic mass is 9.97. The van der Waals surface area contributed by atoms with Crippen LogP contribution in [-0.2, 0) is 14.8 Å². The van der Waals surface area contributed by atoms with Gasteiger partial charge in [0.2, 0.25) is 15.9 Å². The zero-order chi connectivity index (χ0) is 21.1. The number of amides is 1. The second-order valence-corrected chi connectivity index (χ2v) is 10.0. The van der Waals surface area contributed by atoms with E-state index in [0.717, 1.165) is 16.8 Å². The maximum atomic E-state index is 12.7. The van der Waals surface area contributed by atoms with Crippen molar-refractivity contribution in [1.82, 2.24) is 14.3 Å². The summed E-state index contributed by atoms with van der Waals surface area (Å²) in [5, 5.41) is 5.39. The van der Waals surface area contributed by atoms with Crippen molar-refractivity contribution in [2.24, 2.45) is 5.92 Å². The monoisotopic (exact) mass is 442 g/mol. The minimum atomic E-state index is -3.57. The number of hydrogen-bond acceptors (Lipinski definition) is 6. The molecule has 0 bridgehead atoms. The van der Waals surface area contributed by atoms with Crippen LogP contribution in [0.25, 0.3) is 11.3 Å². The van der Waals surface area contributed by atoms with Gasteiger partial charge in [0.05, 0.1) is 5.69 Å². The van der Waals surface area contributed by atoms with Crippen molar-refractivity contribution < 1.29 is 13.2 Å². The average molecular weight is 443 g/mol. The van der Waals surface area contributed by atoms with Crippen LogP contribution in [0, 0.1) is 12.8 Å². The van der Waals surface area contributed by atoms with Gasteiger partial charge in [0.1, 0.15) is 4.90 Å². The third kappa shape index (κ3) is 4.28. The molecule has 1 fully saturated rings. The van der Waals surface area contributed by atoms with Crippen LogP contribution in [0.3, 0.4) is 0 Å². The van der Waals surface area contributed by atoms with E-state index in [4.69, 9.17) is 0 Å². The third-order valence-corrected chi connectivity index (χ3v) is 7.89. The molecule has 1 aliphatic rings. The molecule has 1 aliphatic heterocycles. The van der Waals surface area contributed by atoms with Crippen LogP contribution in [0.2, 0.25) is 0 Å². The summed E-state index contributed by atoms with van der Waals surface area (Å²) in [6.07, 6.45) is 3.84. The van der Waals surface area contributed by atoms with Gasteiger partial charge in [-0.2, -0.15) is 4.31 Å². The van der Waals surface area contributed by atoms with Crippen molar-refractivity contribution >= 4 is 32.4 Å². The highest BCUT2D eigenvalue weighted by molar-refractivity contribution is 7.89. The van der Waals surface area contributed by atoms with Gasteiger partial charge < -0.3 is 5.32 Å². The lowest BCUT2D eigenvalue weighted by Gasteiger charge is -2.30. The zero-order valence-corrected chi connectivity index (χ0v) is 18.1. The number of rotatable bonds is 5. The summed E-state index contributed by atoms with van der Waals surface area (Å²) < 4.78 is 26.8. The van der Waals surface area contributed by atoms with Crippen molar-refractivity contribution in [2.75, 3.05) is 18.4 Å². The van der Waals surface area contributed by atoms with Crippen molar-refractivity contribution in [3.05, 3.63) is 59.7 Å². The summed E-state index contributed by atoms with van der Waals surface area (Å²) in [5.74, 6) is -0.352. The highest BCUT2D eigenvalue weighted by Crippen LogP contribution is 2.29. The summed E-state index contributed by atoms with van der Waals surface area (Å²) >= 11 is 1.39. The minimum Gasteiger partial charge on any atom is -0.302 e. The van der Waals surface area contributed by atoms with Gasteiger partial charge in [0.15, 0.2) is 5.13 Å². The molecule has 4 rings (SSSR count). The van der Waals surface area contributed by atoms with Gasteiger partial charge in [-0.15, -0.1) is 11.3 Å². The highest BCUT2D eigenvalue weighted by Gasteiger charge is 2.32. The van der Waals surface area contributed by atoms with Gasteiger partial charge in [-0.3, -0.25) is 9.78 Å². The maximum absolute atomic E-state index is 12.7. The van der Waals surface area contributed by atoms with Gasteiger partial charge in [0.25, 0.3) is 0 Å². The molecule has 1 aromatic carbocycles. The largest absolute Gasteiger partial charge is 0.302 e. The Bertz CT molecular complexity index is 1140. The lowest BCUT2D eigenvalue weighted by molar-refractivity contribution is -0.120. The minimum absolute atomic E-state index is 0.112. The molecule has 7 nitrogen and oxygen atoms in total. The number of piperidine rings is 1. The summed E-state index contributed by atoms with van der Waals surface area (Å²) in [6.45, 7) is 2.64. The Balaban J connectivity index is 1.37. The Morgan fingerprint density at radius 2 is 1.93 bits per heavy atom. The number of nitrogens with one attached hydrogen (secondary N) is 1. The number of nitrogens with zero attached hydrogens (tertiary/aromatic N) is 3. The van der Waals surface area contributed by atoms with E-state index in [1.165, 1.54) is 27.9 Å². The second-order valence-electron chi connectivity index (χ2n) is 7.21. The molecule has 156 valence electrons. The van der Waals surface area contributed by atoms with Crippen LogP contribution < -0.4 is 5.32 Å². The fourth-order valence-electron chi connectivity index (χ4n) is 3.53. The number of sulfonamides is 1. The highest BCUT2D eigenvalue weighted by atomic mass is 32.2.